The first-order valence-electron chi connectivity index (χ1n) is 6.29. The predicted octanol–water partition coefficient (Wildman–Crippen LogP) is 4.52. The van der Waals surface area contributed by atoms with Gasteiger partial charge in [0.2, 0.25) is 0 Å². The fraction of sp³-hybridized carbons (Fsp3) is 0.467. The van der Waals surface area contributed by atoms with Crippen molar-refractivity contribution in [3.8, 4) is 0 Å². The lowest BCUT2D eigenvalue weighted by Gasteiger charge is -2.02. The average molecular weight is 215 g/mol. The zero-order valence-electron chi connectivity index (χ0n) is 10.6. The molecule has 1 aromatic carbocycles. The molecular weight excluding hydrogens is 194 g/mol. The van der Waals surface area contributed by atoms with Crippen molar-refractivity contribution in [2.24, 2.45) is 0 Å². The van der Waals surface area contributed by atoms with Gasteiger partial charge in [-0.05, 0) is 43.9 Å². The van der Waals surface area contributed by atoms with E-state index >= 15 is 0 Å². The molecule has 0 unspecified atom stereocenters. The van der Waals surface area contributed by atoms with Gasteiger partial charge in [0.15, 0.2) is 0 Å². The summed E-state index contributed by atoms with van der Waals surface area (Å²) in [5.74, 6) is 0. The van der Waals surface area contributed by atoms with Crippen LogP contribution < -0.4 is 0 Å². The van der Waals surface area contributed by atoms with Gasteiger partial charge in [0.05, 0.1) is 0 Å². The number of fused-ring (bicyclic) bond motifs is 1. The van der Waals surface area contributed by atoms with Gasteiger partial charge < -0.3 is 4.98 Å². The zero-order chi connectivity index (χ0) is 11.5. The van der Waals surface area contributed by atoms with Gasteiger partial charge in [0.1, 0.15) is 0 Å². The lowest BCUT2D eigenvalue weighted by molar-refractivity contribution is 0.719. The Morgan fingerprint density at radius 2 is 1.94 bits per heavy atom. The maximum absolute atomic E-state index is 3.41. The van der Waals surface area contributed by atoms with Crippen molar-refractivity contribution >= 4 is 10.9 Å². The van der Waals surface area contributed by atoms with Crippen LogP contribution in [0.25, 0.3) is 10.9 Å². The van der Waals surface area contributed by atoms with Crippen LogP contribution in [-0.2, 0) is 6.42 Å². The summed E-state index contributed by atoms with van der Waals surface area (Å²) in [6.45, 7) is 6.61. The molecule has 0 bridgehead atoms. The van der Waals surface area contributed by atoms with Crippen molar-refractivity contribution in [3.05, 3.63) is 35.0 Å². The van der Waals surface area contributed by atoms with E-state index in [9.17, 15) is 0 Å². The monoisotopic (exact) mass is 215 g/mol. The van der Waals surface area contributed by atoms with Gasteiger partial charge in [-0.1, -0.05) is 31.4 Å². The molecule has 0 atom stereocenters. The normalized spacial score (nSPS) is 11.2. The van der Waals surface area contributed by atoms with Crippen molar-refractivity contribution in [2.75, 3.05) is 0 Å². The Hall–Kier alpha value is -1.24. The van der Waals surface area contributed by atoms with E-state index in [1.54, 1.807) is 0 Å². The highest BCUT2D eigenvalue weighted by Gasteiger charge is 2.05. The van der Waals surface area contributed by atoms with Crippen LogP contribution in [0.1, 0.15) is 42.9 Å². The molecule has 0 radical (unpaired) electrons. The highest BCUT2D eigenvalue weighted by Crippen LogP contribution is 2.24. The summed E-state index contributed by atoms with van der Waals surface area (Å²) in [5, 5.41) is 1.42. The summed E-state index contributed by atoms with van der Waals surface area (Å²) < 4.78 is 0. The Balaban J connectivity index is 2.32. The van der Waals surface area contributed by atoms with Crippen LogP contribution in [0.5, 0.6) is 0 Å². The summed E-state index contributed by atoms with van der Waals surface area (Å²) in [6, 6.07) is 4.55. The van der Waals surface area contributed by atoms with E-state index < -0.39 is 0 Å². The first-order valence-corrected chi connectivity index (χ1v) is 6.29. The van der Waals surface area contributed by atoms with E-state index in [0.29, 0.717) is 0 Å². The third kappa shape index (κ3) is 2.13. The van der Waals surface area contributed by atoms with Crippen LogP contribution in [-0.4, -0.2) is 4.98 Å². The molecule has 0 amide bonds. The molecule has 1 N–H and O–H groups in total. The molecule has 0 spiro atoms. The number of hydrogen-bond donors (Lipinski definition) is 1. The maximum Gasteiger partial charge on any atom is 0.0486 e. The van der Waals surface area contributed by atoms with Gasteiger partial charge in [-0.15, -0.1) is 0 Å². The molecule has 1 aromatic heterocycles. The van der Waals surface area contributed by atoms with Crippen molar-refractivity contribution in [3.63, 3.8) is 0 Å². The van der Waals surface area contributed by atoms with Crippen LogP contribution in [0.15, 0.2) is 18.3 Å². The first kappa shape index (κ1) is 11.3. The lowest BCUT2D eigenvalue weighted by Crippen LogP contribution is -1.85. The molecule has 1 nitrogen and oxygen atoms in total. The molecule has 86 valence electrons. The predicted molar refractivity (Wildman–Crippen MR) is 71.0 cm³/mol. The minimum Gasteiger partial charge on any atom is -0.361 e. The molecule has 16 heavy (non-hydrogen) atoms. The van der Waals surface area contributed by atoms with Crippen molar-refractivity contribution < 1.29 is 0 Å². The Morgan fingerprint density at radius 1 is 1.12 bits per heavy atom. The standard InChI is InChI=1S/C15H21N/c1-4-5-6-7-13-10-16-15-12(3)8-11(2)9-14(13)15/h8-10,16H,4-7H2,1-3H3. The topological polar surface area (TPSA) is 15.8 Å². The van der Waals surface area contributed by atoms with Gasteiger partial charge in [0, 0.05) is 17.1 Å². The number of aromatic nitrogens is 1. The second-order valence-electron chi connectivity index (χ2n) is 4.78. The smallest absolute Gasteiger partial charge is 0.0486 e. The number of aromatic amines is 1. The summed E-state index contributed by atoms with van der Waals surface area (Å²) in [6.07, 6.45) is 7.32. The van der Waals surface area contributed by atoms with Crippen LogP contribution in [0.3, 0.4) is 0 Å². The lowest BCUT2D eigenvalue weighted by atomic mass is 10.0. The molecule has 0 saturated carbocycles. The molecule has 0 aliphatic rings. The molecule has 1 heterocycles. The second kappa shape index (κ2) is 4.73. The molecule has 0 aliphatic carbocycles. The quantitative estimate of drug-likeness (QED) is 0.722. The Morgan fingerprint density at radius 3 is 2.69 bits per heavy atom. The van der Waals surface area contributed by atoms with Crippen molar-refractivity contribution in [1.29, 1.82) is 0 Å². The number of rotatable bonds is 4. The van der Waals surface area contributed by atoms with E-state index in [1.807, 2.05) is 0 Å². The SMILES string of the molecule is CCCCCc1c[nH]c2c(C)cc(C)cc12. The summed E-state index contributed by atoms with van der Waals surface area (Å²) in [7, 11) is 0. The van der Waals surface area contributed by atoms with Crippen LogP contribution >= 0.6 is 0 Å². The largest absolute Gasteiger partial charge is 0.361 e. The fourth-order valence-electron chi connectivity index (χ4n) is 2.42. The molecule has 0 saturated heterocycles. The summed E-state index contributed by atoms with van der Waals surface area (Å²) in [4.78, 5) is 3.41. The number of aryl methyl sites for hydroxylation is 3. The molecule has 1 heteroatoms. The average Bonchev–Trinajstić information content (AvgIpc) is 2.62. The van der Waals surface area contributed by atoms with Crippen molar-refractivity contribution in [2.45, 2.75) is 46.5 Å². The first-order chi connectivity index (χ1) is 7.72. The summed E-state index contributed by atoms with van der Waals surface area (Å²) in [5.41, 5.74) is 5.52. The number of benzene rings is 1. The number of H-pyrrole nitrogens is 1. The molecule has 0 aliphatic heterocycles. The minimum atomic E-state index is 1.21. The third-order valence-corrected chi connectivity index (χ3v) is 3.27. The molecule has 2 aromatic rings. The van der Waals surface area contributed by atoms with Gasteiger partial charge in [-0.2, -0.15) is 0 Å². The van der Waals surface area contributed by atoms with Gasteiger partial charge >= 0.3 is 0 Å². The maximum atomic E-state index is 3.41. The summed E-state index contributed by atoms with van der Waals surface area (Å²) >= 11 is 0. The molecule has 2 rings (SSSR count). The van der Waals surface area contributed by atoms with Gasteiger partial charge in [0.25, 0.3) is 0 Å². The fourth-order valence-corrected chi connectivity index (χ4v) is 2.42. The number of unbranched alkanes of at least 4 members (excludes halogenated alkanes) is 2. The van der Waals surface area contributed by atoms with E-state index in [1.165, 1.54) is 53.3 Å². The van der Waals surface area contributed by atoms with Gasteiger partial charge in [-0.3, -0.25) is 0 Å². The van der Waals surface area contributed by atoms with E-state index in [-0.39, 0.29) is 0 Å². The van der Waals surface area contributed by atoms with Gasteiger partial charge in [-0.25, -0.2) is 0 Å². The van der Waals surface area contributed by atoms with Crippen LogP contribution in [0, 0.1) is 13.8 Å². The van der Waals surface area contributed by atoms with E-state index in [2.05, 4.69) is 44.1 Å². The van der Waals surface area contributed by atoms with Crippen molar-refractivity contribution in [1.82, 2.24) is 4.98 Å². The van der Waals surface area contributed by atoms with E-state index in [4.69, 9.17) is 0 Å². The highest BCUT2D eigenvalue weighted by atomic mass is 14.7. The Labute approximate surface area is 97.9 Å². The Kier molecular flexibility index (Phi) is 3.33. The van der Waals surface area contributed by atoms with Crippen LogP contribution in [0.2, 0.25) is 0 Å². The molecular formula is C15H21N. The second-order valence-corrected chi connectivity index (χ2v) is 4.78. The number of nitrogens with one attached hydrogen (secondary N) is 1. The van der Waals surface area contributed by atoms with E-state index in [0.717, 1.165) is 0 Å². The van der Waals surface area contributed by atoms with Crippen LogP contribution in [0.4, 0.5) is 0 Å². The molecule has 0 fully saturated rings. The number of hydrogen-bond acceptors (Lipinski definition) is 0. The minimum absolute atomic E-state index is 1.21. The zero-order valence-corrected chi connectivity index (χ0v) is 10.6. The Bertz CT molecular complexity index is 479. The highest BCUT2D eigenvalue weighted by molar-refractivity contribution is 5.86. The third-order valence-electron chi connectivity index (χ3n) is 3.27.